The molecule has 0 spiro atoms. The number of nitrogens with one attached hydrogen (secondary N) is 1. The van der Waals surface area contributed by atoms with Crippen LogP contribution in [0.4, 0.5) is 4.39 Å². The van der Waals surface area contributed by atoms with E-state index in [-0.39, 0.29) is 5.02 Å². The molecule has 1 aromatic rings. The Bertz CT molecular complexity index is 493. The second kappa shape index (κ2) is 7.38. The first-order chi connectivity index (χ1) is 10.1. The van der Waals surface area contributed by atoms with Crippen LogP contribution in [0.15, 0.2) is 16.6 Å². The van der Waals surface area contributed by atoms with Crippen LogP contribution < -0.4 is 11.3 Å². The molecular weight excluding hydrogens is 359 g/mol. The molecule has 0 radical (unpaired) electrons. The fourth-order valence-electron chi connectivity index (χ4n) is 3.23. The summed E-state index contributed by atoms with van der Waals surface area (Å²) in [4.78, 5) is 0. The Balaban J connectivity index is 2.44. The monoisotopic (exact) mass is 378 g/mol. The Labute approximate surface area is 138 Å². The molecule has 0 amide bonds. The number of hydrogen-bond acceptors (Lipinski definition) is 3. The maximum Gasteiger partial charge on any atom is 0.147 e. The van der Waals surface area contributed by atoms with Crippen LogP contribution in [-0.4, -0.2) is 12.7 Å². The van der Waals surface area contributed by atoms with Crippen LogP contribution in [0.5, 0.6) is 0 Å². The summed E-state index contributed by atoms with van der Waals surface area (Å²) in [6, 6.07) is 3.03. The van der Waals surface area contributed by atoms with E-state index in [4.69, 9.17) is 22.2 Å². The molecule has 0 saturated heterocycles. The van der Waals surface area contributed by atoms with Crippen molar-refractivity contribution in [1.82, 2.24) is 5.43 Å². The minimum Gasteiger partial charge on any atom is -0.376 e. The summed E-state index contributed by atoms with van der Waals surface area (Å²) in [5.41, 5.74) is 2.71. The van der Waals surface area contributed by atoms with Crippen LogP contribution in [0, 0.1) is 5.82 Å². The van der Waals surface area contributed by atoms with Crippen molar-refractivity contribution in [2.75, 3.05) is 7.11 Å². The zero-order chi connectivity index (χ0) is 15.5. The number of halogens is 3. The van der Waals surface area contributed by atoms with Crippen molar-refractivity contribution < 1.29 is 9.13 Å². The normalized spacial score (nSPS) is 20.0. The van der Waals surface area contributed by atoms with Crippen LogP contribution in [0.25, 0.3) is 0 Å². The smallest absolute Gasteiger partial charge is 0.147 e. The van der Waals surface area contributed by atoms with E-state index in [1.165, 1.54) is 12.8 Å². The molecule has 0 aromatic heterocycles. The molecule has 118 valence electrons. The van der Waals surface area contributed by atoms with Gasteiger partial charge in [-0.3, -0.25) is 5.84 Å². The van der Waals surface area contributed by atoms with Crippen molar-refractivity contribution in [3.63, 3.8) is 0 Å². The maximum atomic E-state index is 14.5. The van der Waals surface area contributed by atoms with Gasteiger partial charge in [0.15, 0.2) is 0 Å². The number of benzene rings is 1. The Morgan fingerprint density at radius 2 is 1.95 bits per heavy atom. The van der Waals surface area contributed by atoms with E-state index >= 15 is 0 Å². The van der Waals surface area contributed by atoms with Gasteiger partial charge >= 0.3 is 0 Å². The summed E-state index contributed by atoms with van der Waals surface area (Å²) in [5, 5.41) is 0.0765. The first-order valence-corrected chi connectivity index (χ1v) is 8.37. The van der Waals surface area contributed by atoms with Gasteiger partial charge in [-0.2, -0.15) is 0 Å². The third-order valence-electron chi connectivity index (χ3n) is 4.43. The predicted octanol–water partition coefficient (Wildman–Crippen LogP) is 4.49. The predicted molar refractivity (Wildman–Crippen MR) is 86.6 cm³/mol. The van der Waals surface area contributed by atoms with Crippen molar-refractivity contribution in [2.24, 2.45) is 5.84 Å². The van der Waals surface area contributed by atoms with Gasteiger partial charge in [0.2, 0.25) is 0 Å². The van der Waals surface area contributed by atoms with Gasteiger partial charge in [-0.05, 0) is 34.8 Å². The number of nitrogens with two attached hydrogens (primary N) is 1. The molecule has 0 heterocycles. The van der Waals surface area contributed by atoms with Crippen LogP contribution in [0.3, 0.4) is 0 Å². The maximum absolute atomic E-state index is 14.5. The van der Waals surface area contributed by atoms with Gasteiger partial charge in [-0.25, -0.2) is 9.82 Å². The summed E-state index contributed by atoms with van der Waals surface area (Å²) in [5.74, 6) is 5.30. The molecule has 1 aromatic carbocycles. The van der Waals surface area contributed by atoms with E-state index < -0.39 is 17.5 Å². The molecule has 3 nitrogen and oxygen atoms in total. The molecule has 1 fully saturated rings. The Kier molecular flexibility index (Phi) is 6.03. The van der Waals surface area contributed by atoms with Crippen molar-refractivity contribution in [2.45, 2.75) is 50.2 Å². The lowest BCUT2D eigenvalue weighted by atomic mass is 9.82. The molecule has 21 heavy (non-hydrogen) atoms. The van der Waals surface area contributed by atoms with Crippen molar-refractivity contribution in [3.8, 4) is 0 Å². The highest BCUT2D eigenvalue weighted by atomic mass is 79.9. The zero-order valence-electron chi connectivity index (χ0n) is 12.1. The topological polar surface area (TPSA) is 47.3 Å². The second-order valence-corrected chi connectivity index (χ2v) is 6.78. The van der Waals surface area contributed by atoms with Gasteiger partial charge in [0.05, 0.1) is 16.7 Å². The van der Waals surface area contributed by atoms with Gasteiger partial charge in [0.1, 0.15) is 5.82 Å². The quantitative estimate of drug-likeness (QED) is 0.351. The highest BCUT2D eigenvalue weighted by Crippen LogP contribution is 2.42. The number of ether oxygens (including phenoxy) is 1. The Hall–Kier alpha value is -0.200. The van der Waals surface area contributed by atoms with Crippen molar-refractivity contribution >= 4 is 27.5 Å². The van der Waals surface area contributed by atoms with Gasteiger partial charge < -0.3 is 4.74 Å². The highest BCUT2D eigenvalue weighted by Gasteiger charge is 2.41. The average molecular weight is 380 g/mol. The van der Waals surface area contributed by atoms with Crippen LogP contribution >= 0.6 is 27.5 Å². The molecule has 6 heteroatoms. The molecule has 1 aliphatic rings. The van der Waals surface area contributed by atoms with E-state index in [0.29, 0.717) is 10.0 Å². The molecule has 1 atom stereocenters. The molecule has 1 aliphatic carbocycles. The molecule has 0 aliphatic heterocycles. The number of hydrazine groups is 1. The fraction of sp³-hybridized carbons (Fsp3) is 0.600. The summed E-state index contributed by atoms with van der Waals surface area (Å²) >= 11 is 9.25. The van der Waals surface area contributed by atoms with Crippen molar-refractivity contribution in [1.29, 1.82) is 0 Å². The number of methoxy groups -OCH3 is 1. The van der Waals surface area contributed by atoms with Gasteiger partial charge in [-0.15, -0.1) is 0 Å². The number of rotatable bonds is 4. The lowest BCUT2D eigenvalue weighted by Crippen LogP contribution is -2.48. The summed E-state index contributed by atoms with van der Waals surface area (Å²) in [6.45, 7) is 0. The van der Waals surface area contributed by atoms with E-state index in [1.54, 1.807) is 19.2 Å². The van der Waals surface area contributed by atoms with Crippen LogP contribution in [0.2, 0.25) is 5.02 Å². The Morgan fingerprint density at radius 3 is 2.48 bits per heavy atom. The minimum atomic E-state index is -0.497. The van der Waals surface area contributed by atoms with E-state index in [1.807, 2.05) is 0 Å². The van der Waals surface area contributed by atoms with Gasteiger partial charge in [-0.1, -0.05) is 43.4 Å². The SMILES string of the molecule is COC1(C(NN)c2ccc(Br)c(Cl)c2F)CCCCCC1. The van der Waals surface area contributed by atoms with Crippen molar-refractivity contribution in [3.05, 3.63) is 33.0 Å². The first-order valence-electron chi connectivity index (χ1n) is 7.20. The largest absolute Gasteiger partial charge is 0.376 e. The van der Waals surface area contributed by atoms with Crippen LogP contribution in [-0.2, 0) is 4.74 Å². The van der Waals surface area contributed by atoms with E-state index in [2.05, 4.69) is 21.4 Å². The summed E-state index contributed by atoms with van der Waals surface area (Å²) < 4.78 is 20.9. The fourth-order valence-corrected chi connectivity index (χ4v) is 3.70. The van der Waals surface area contributed by atoms with Crippen LogP contribution in [0.1, 0.15) is 50.1 Å². The summed E-state index contributed by atoms with van der Waals surface area (Å²) in [6.07, 6.45) is 6.16. The van der Waals surface area contributed by atoms with E-state index in [9.17, 15) is 4.39 Å². The average Bonchev–Trinajstić information content (AvgIpc) is 2.74. The molecular formula is C15H21BrClFN2O. The molecule has 0 bridgehead atoms. The molecule has 1 saturated carbocycles. The standard InChI is InChI=1S/C15H21BrClFN2O/c1-21-15(8-4-2-3-5-9-15)14(20-19)10-6-7-11(16)12(17)13(10)18/h6-7,14,20H,2-5,8-9,19H2,1H3. The lowest BCUT2D eigenvalue weighted by Gasteiger charge is -2.39. The van der Waals surface area contributed by atoms with Gasteiger partial charge in [0, 0.05) is 17.1 Å². The molecule has 3 N–H and O–H groups in total. The summed E-state index contributed by atoms with van der Waals surface area (Å²) in [7, 11) is 1.67. The lowest BCUT2D eigenvalue weighted by molar-refractivity contribution is -0.0549. The highest BCUT2D eigenvalue weighted by molar-refractivity contribution is 9.10. The second-order valence-electron chi connectivity index (χ2n) is 5.55. The minimum absolute atomic E-state index is 0.0765. The van der Waals surface area contributed by atoms with Gasteiger partial charge in [0.25, 0.3) is 0 Å². The molecule has 1 unspecified atom stereocenters. The van der Waals surface area contributed by atoms with E-state index in [0.717, 1.165) is 25.7 Å². The third kappa shape index (κ3) is 3.42. The third-order valence-corrected chi connectivity index (χ3v) is 5.68. The number of hydrogen-bond donors (Lipinski definition) is 2. The first kappa shape index (κ1) is 17.2. The molecule has 2 rings (SSSR count). The Morgan fingerprint density at radius 1 is 1.33 bits per heavy atom. The zero-order valence-corrected chi connectivity index (χ0v) is 14.4.